The Morgan fingerprint density at radius 2 is 2.07 bits per heavy atom. The van der Waals surface area contributed by atoms with Gasteiger partial charge in [-0.05, 0) is 26.7 Å². The van der Waals surface area contributed by atoms with E-state index in [4.69, 9.17) is 4.99 Å². The van der Waals surface area contributed by atoms with Crippen LogP contribution in [0.1, 0.15) is 46.0 Å². The highest BCUT2D eigenvalue weighted by atomic mass is 15.2. The lowest BCUT2D eigenvalue weighted by Gasteiger charge is -2.21. The third-order valence-corrected chi connectivity index (χ3v) is 3.05. The highest BCUT2D eigenvalue weighted by Gasteiger charge is 2.28. The molecule has 0 radical (unpaired) electrons. The minimum Gasteiger partial charge on any atom is -0.333 e. The number of hydrogen-bond donors (Lipinski definition) is 1. The maximum absolute atomic E-state index is 4.77. The van der Waals surface area contributed by atoms with Gasteiger partial charge in [0.15, 0.2) is 0 Å². The van der Waals surface area contributed by atoms with Crippen molar-refractivity contribution in [1.29, 1.82) is 0 Å². The molecule has 14 heavy (non-hydrogen) atoms. The zero-order valence-corrected chi connectivity index (χ0v) is 9.08. The highest BCUT2D eigenvalue weighted by Crippen LogP contribution is 2.22. The van der Waals surface area contributed by atoms with E-state index in [9.17, 15) is 0 Å². The van der Waals surface area contributed by atoms with Crippen LogP contribution < -0.4 is 5.32 Å². The van der Waals surface area contributed by atoms with Crippen LogP contribution >= 0.6 is 0 Å². The molecule has 78 valence electrons. The average Bonchev–Trinajstić information content (AvgIpc) is 2.48. The zero-order valence-electron chi connectivity index (χ0n) is 9.08. The second-order valence-electron chi connectivity index (χ2n) is 4.73. The molecule has 2 aliphatic rings. The van der Waals surface area contributed by atoms with Gasteiger partial charge in [-0.2, -0.15) is 0 Å². The van der Waals surface area contributed by atoms with E-state index in [1.807, 2.05) is 0 Å². The Balaban J connectivity index is 2.03. The Morgan fingerprint density at radius 1 is 1.36 bits per heavy atom. The van der Waals surface area contributed by atoms with E-state index < -0.39 is 0 Å². The first-order valence-electron chi connectivity index (χ1n) is 5.57. The van der Waals surface area contributed by atoms with Gasteiger partial charge in [0.05, 0.1) is 12.4 Å². The van der Waals surface area contributed by atoms with Crippen molar-refractivity contribution in [1.82, 2.24) is 5.32 Å². The fourth-order valence-electron chi connectivity index (χ4n) is 2.08. The summed E-state index contributed by atoms with van der Waals surface area (Å²) < 4.78 is 0. The Hall–Kier alpha value is -0.860. The van der Waals surface area contributed by atoms with Crippen LogP contribution in [0.4, 0.5) is 0 Å². The van der Waals surface area contributed by atoms with Crippen molar-refractivity contribution in [3.05, 3.63) is 0 Å². The normalized spacial score (nSPS) is 29.4. The van der Waals surface area contributed by atoms with Gasteiger partial charge >= 0.3 is 0 Å². The first-order valence-corrected chi connectivity index (χ1v) is 5.57. The summed E-state index contributed by atoms with van der Waals surface area (Å²) >= 11 is 0. The third kappa shape index (κ3) is 1.97. The van der Waals surface area contributed by atoms with E-state index >= 15 is 0 Å². The summed E-state index contributed by atoms with van der Waals surface area (Å²) in [4.78, 5) is 9.12. The number of rotatable bonds is 1. The second kappa shape index (κ2) is 3.71. The molecule has 0 saturated heterocycles. The molecule has 0 aromatic rings. The van der Waals surface area contributed by atoms with E-state index in [1.165, 1.54) is 32.1 Å². The van der Waals surface area contributed by atoms with Crippen molar-refractivity contribution in [2.75, 3.05) is 0 Å². The molecule has 0 aromatic heterocycles. The van der Waals surface area contributed by atoms with Gasteiger partial charge < -0.3 is 5.32 Å². The van der Waals surface area contributed by atoms with Crippen molar-refractivity contribution in [2.24, 2.45) is 9.98 Å². The zero-order chi connectivity index (χ0) is 10.0. The molecule has 1 N–H and O–H groups in total. The summed E-state index contributed by atoms with van der Waals surface area (Å²) in [5, 5.41) is 3.15. The van der Waals surface area contributed by atoms with Crippen LogP contribution in [-0.2, 0) is 0 Å². The minimum atomic E-state index is -0.128. The Kier molecular flexibility index (Phi) is 2.57. The molecule has 0 unspecified atom stereocenters. The molecular formula is C11H19N3. The number of hydrogen-bond acceptors (Lipinski definition) is 2. The van der Waals surface area contributed by atoms with Crippen molar-refractivity contribution in [3.63, 3.8) is 0 Å². The van der Waals surface area contributed by atoms with E-state index in [0.717, 1.165) is 5.84 Å². The lowest BCUT2D eigenvalue weighted by molar-refractivity contribution is 0.440. The minimum absolute atomic E-state index is 0.128. The molecule has 1 fully saturated rings. The van der Waals surface area contributed by atoms with Gasteiger partial charge in [0, 0.05) is 0 Å². The lowest BCUT2D eigenvalue weighted by atomic mass is 9.95. The summed E-state index contributed by atoms with van der Waals surface area (Å²) in [7, 11) is 0. The SMILES string of the molecule is CC1(C)N=CNC1=NC1CCCCC1. The first kappa shape index (κ1) is 9.69. The number of nitrogens with zero attached hydrogens (tertiary/aromatic N) is 2. The molecule has 2 rings (SSSR count). The standard InChI is InChI=1S/C11H19N3/c1-11(2)10(12-8-13-11)14-9-6-4-3-5-7-9/h8-9H,3-7H2,1-2H3,(H,12,13,14). The molecular weight excluding hydrogens is 174 g/mol. The van der Waals surface area contributed by atoms with Gasteiger partial charge in [0.1, 0.15) is 11.4 Å². The van der Waals surface area contributed by atoms with Crippen LogP contribution in [0.25, 0.3) is 0 Å². The molecule has 1 aliphatic carbocycles. The number of nitrogens with one attached hydrogen (secondary N) is 1. The molecule has 0 spiro atoms. The van der Waals surface area contributed by atoms with Gasteiger partial charge in [-0.15, -0.1) is 0 Å². The molecule has 1 saturated carbocycles. The summed E-state index contributed by atoms with van der Waals surface area (Å²) in [6, 6.07) is 0.534. The smallest absolute Gasteiger partial charge is 0.129 e. The van der Waals surface area contributed by atoms with E-state index in [-0.39, 0.29) is 5.54 Å². The number of amidine groups is 1. The molecule has 3 heteroatoms. The molecule has 3 nitrogen and oxygen atoms in total. The molecule has 0 bridgehead atoms. The molecule has 0 aromatic carbocycles. The topological polar surface area (TPSA) is 36.8 Å². The van der Waals surface area contributed by atoms with Gasteiger partial charge in [0.25, 0.3) is 0 Å². The fourth-order valence-corrected chi connectivity index (χ4v) is 2.08. The monoisotopic (exact) mass is 193 g/mol. The van der Waals surface area contributed by atoms with Gasteiger partial charge in [-0.1, -0.05) is 19.3 Å². The van der Waals surface area contributed by atoms with E-state index in [1.54, 1.807) is 6.34 Å². The van der Waals surface area contributed by atoms with Crippen molar-refractivity contribution in [3.8, 4) is 0 Å². The Labute approximate surface area is 85.7 Å². The van der Waals surface area contributed by atoms with Crippen LogP contribution in [0, 0.1) is 0 Å². The van der Waals surface area contributed by atoms with Crippen LogP contribution in [-0.4, -0.2) is 23.8 Å². The Morgan fingerprint density at radius 3 is 2.64 bits per heavy atom. The first-order chi connectivity index (χ1) is 6.68. The number of aliphatic imine (C=N–C) groups is 2. The fraction of sp³-hybridized carbons (Fsp3) is 0.818. The van der Waals surface area contributed by atoms with Crippen molar-refractivity contribution < 1.29 is 0 Å². The van der Waals surface area contributed by atoms with Crippen LogP contribution in [0.2, 0.25) is 0 Å². The third-order valence-electron chi connectivity index (χ3n) is 3.05. The van der Waals surface area contributed by atoms with E-state index in [0.29, 0.717) is 6.04 Å². The predicted molar refractivity (Wildman–Crippen MR) is 60.0 cm³/mol. The van der Waals surface area contributed by atoms with Crippen molar-refractivity contribution >= 4 is 12.2 Å². The molecule has 0 amide bonds. The molecule has 1 heterocycles. The van der Waals surface area contributed by atoms with Gasteiger partial charge in [-0.25, -0.2) is 0 Å². The van der Waals surface area contributed by atoms with Crippen molar-refractivity contribution in [2.45, 2.75) is 57.5 Å². The van der Waals surface area contributed by atoms with E-state index in [2.05, 4.69) is 24.2 Å². The van der Waals surface area contributed by atoms with Crippen LogP contribution in [0.5, 0.6) is 0 Å². The van der Waals surface area contributed by atoms with Gasteiger partial charge in [0.2, 0.25) is 0 Å². The summed E-state index contributed by atoms with van der Waals surface area (Å²) in [6.07, 6.45) is 8.32. The summed E-state index contributed by atoms with van der Waals surface area (Å²) in [5.41, 5.74) is -0.128. The van der Waals surface area contributed by atoms with Crippen LogP contribution in [0.15, 0.2) is 9.98 Å². The summed E-state index contributed by atoms with van der Waals surface area (Å²) in [6.45, 7) is 4.20. The largest absolute Gasteiger partial charge is 0.333 e. The quantitative estimate of drug-likeness (QED) is 0.680. The maximum Gasteiger partial charge on any atom is 0.129 e. The molecule has 0 atom stereocenters. The highest BCUT2D eigenvalue weighted by molar-refractivity contribution is 6.03. The maximum atomic E-state index is 4.77. The lowest BCUT2D eigenvalue weighted by Crippen LogP contribution is -2.34. The molecule has 1 aliphatic heterocycles. The van der Waals surface area contributed by atoms with Crippen LogP contribution in [0.3, 0.4) is 0 Å². The average molecular weight is 193 g/mol. The van der Waals surface area contributed by atoms with Gasteiger partial charge in [-0.3, -0.25) is 9.98 Å². The second-order valence-corrected chi connectivity index (χ2v) is 4.73. The Bertz CT molecular complexity index is 260. The summed E-state index contributed by atoms with van der Waals surface area (Å²) in [5.74, 6) is 1.05. The predicted octanol–water partition coefficient (Wildman–Crippen LogP) is 2.13.